The van der Waals surface area contributed by atoms with Crippen molar-refractivity contribution in [3.8, 4) is 5.75 Å². The summed E-state index contributed by atoms with van der Waals surface area (Å²) >= 11 is 1.17. The summed E-state index contributed by atoms with van der Waals surface area (Å²) in [5, 5.41) is 2.79. The summed E-state index contributed by atoms with van der Waals surface area (Å²) in [6, 6.07) is 10.8. The van der Waals surface area contributed by atoms with Crippen molar-refractivity contribution in [2.45, 2.75) is 30.7 Å². The number of aryl methyl sites for hydroxylation is 1. The molecule has 0 spiro atoms. The number of carbonyl (C=O) groups is 1. The van der Waals surface area contributed by atoms with Gasteiger partial charge in [-0.2, -0.15) is 4.31 Å². The van der Waals surface area contributed by atoms with Gasteiger partial charge in [0, 0.05) is 18.0 Å². The molecule has 2 aromatic rings. The lowest BCUT2D eigenvalue weighted by molar-refractivity contribution is -0.127. The third-order valence-electron chi connectivity index (χ3n) is 4.34. The number of morpholine rings is 1. The number of amides is 1. The van der Waals surface area contributed by atoms with E-state index in [4.69, 9.17) is 9.47 Å². The third-order valence-corrected chi connectivity index (χ3v) is 7.79. The van der Waals surface area contributed by atoms with Crippen LogP contribution in [0.2, 0.25) is 0 Å². The third kappa shape index (κ3) is 5.11. The highest BCUT2D eigenvalue weighted by molar-refractivity contribution is 7.91. The summed E-state index contributed by atoms with van der Waals surface area (Å²) in [5.41, 5.74) is 1.12. The van der Waals surface area contributed by atoms with E-state index in [9.17, 15) is 13.2 Å². The van der Waals surface area contributed by atoms with E-state index in [1.54, 1.807) is 19.1 Å². The molecule has 2 heterocycles. The Morgan fingerprint density at radius 3 is 2.57 bits per heavy atom. The van der Waals surface area contributed by atoms with Crippen LogP contribution in [-0.4, -0.2) is 51.0 Å². The van der Waals surface area contributed by atoms with E-state index in [-0.39, 0.29) is 16.7 Å². The van der Waals surface area contributed by atoms with Gasteiger partial charge in [0.1, 0.15) is 9.96 Å². The van der Waals surface area contributed by atoms with Crippen LogP contribution in [-0.2, 0) is 26.1 Å². The maximum absolute atomic E-state index is 12.6. The quantitative estimate of drug-likeness (QED) is 0.736. The smallest absolute Gasteiger partial charge is 0.261 e. The number of hydrogen-bond acceptors (Lipinski definition) is 6. The molecule has 1 aromatic heterocycles. The number of carbonyl (C=O) groups excluding carboxylic acids is 1. The Balaban J connectivity index is 1.54. The summed E-state index contributed by atoms with van der Waals surface area (Å²) in [7, 11) is -3.51. The zero-order valence-corrected chi connectivity index (χ0v) is 17.5. The first-order chi connectivity index (χ1) is 13.4. The molecule has 0 unspecified atom stereocenters. The van der Waals surface area contributed by atoms with E-state index in [2.05, 4.69) is 5.32 Å². The zero-order valence-electron chi connectivity index (χ0n) is 15.9. The molecule has 1 N–H and O–H groups in total. The van der Waals surface area contributed by atoms with E-state index >= 15 is 0 Å². The highest BCUT2D eigenvalue weighted by atomic mass is 32.2. The number of hydrogen-bond donors (Lipinski definition) is 1. The van der Waals surface area contributed by atoms with Crippen molar-refractivity contribution in [1.82, 2.24) is 9.62 Å². The molecule has 1 saturated heterocycles. The van der Waals surface area contributed by atoms with Crippen molar-refractivity contribution in [3.05, 3.63) is 46.8 Å². The molecule has 0 radical (unpaired) electrons. The van der Waals surface area contributed by atoms with E-state index in [1.807, 2.05) is 31.2 Å². The molecule has 1 aliphatic rings. The molecular weight excluding hydrogens is 400 g/mol. The van der Waals surface area contributed by atoms with Gasteiger partial charge in [-0.25, -0.2) is 8.42 Å². The fourth-order valence-corrected chi connectivity index (χ4v) is 5.56. The van der Waals surface area contributed by atoms with Gasteiger partial charge >= 0.3 is 0 Å². The number of rotatable bonds is 7. The molecule has 1 atom stereocenters. The first-order valence-electron chi connectivity index (χ1n) is 9.04. The Bertz CT molecular complexity index is 903. The van der Waals surface area contributed by atoms with Gasteiger partial charge < -0.3 is 14.8 Å². The molecule has 3 rings (SSSR count). The van der Waals surface area contributed by atoms with Crippen LogP contribution in [0.4, 0.5) is 0 Å². The molecule has 0 bridgehead atoms. The fourth-order valence-electron chi connectivity index (χ4n) is 2.70. The monoisotopic (exact) mass is 424 g/mol. The number of nitrogens with one attached hydrogen (secondary N) is 1. The van der Waals surface area contributed by atoms with Gasteiger partial charge in [-0.05, 0) is 38.1 Å². The number of benzene rings is 1. The van der Waals surface area contributed by atoms with E-state index in [1.165, 1.54) is 15.6 Å². The molecule has 152 valence electrons. The SMILES string of the molecule is Cc1ccc(O[C@@H](C)C(=O)NCc2ccc(S(=O)(=O)N3CCOCC3)s2)cc1. The molecule has 9 heteroatoms. The molecule has 28 heavy (non-hydrogen) atoms. The van der Waals surface area contributed by atoms with Crippen LogP contribution in [0.5, 0.6) is 5.75 Å². The van der Waals surface area contributed by atoms with Gasteiger partial charge in [0.2, 0.25) is 0 Å². The fraction of sp³-hybridized carbons (Fsp3) is 0.421. The van der Waals surface area contributed by atoms with Crippen molar-refractivity contribution in [2.75, 3.05) is 26.3 Å². The maximum Gasteiger partial charge on any atom is 0.261 e. The molecule has 0 aliphatic carbocycles. The summed E-state index contributed by atoms with van der Waals surface area (Å²) in [4.78, 5) is 13.0. The second kappa shape index (κ2) is 9.04. The molecular formula is C19H24N2O5S2. The Hall–Kier alpha value is -1.94. The van der Waals surface area contributed by atoms with Crippen LogP contribution in [0.3, 0.4) is 0 Å². The van der Waals surface area contributed by atoms with Crippen LogP contribution in [0, 0.1) is 6.92 Å². The van der Waals surface area contributed by atoms with E-state index in [0.717, 1.165) is 10.4 Å². The van der Waals surface area contributed by atoms with Crippen LogP contribution in [0.25, 0.3) is 0 Å². The average molecular weight is 425 g/mol. The summed E-state index contributed by atoms with van der Waals surface area (Å²) < 4.78 is 37.9. The van der Waals surface area contributed by atoms with Crippen LogP contribution >= 0.6 is 11.3 Å². The molecule has 1 aliphatic heterocycles. The topological polar surface area (TPSA) is 84.9 Å². The average Bonchev–Trinajstić information content (AvgIpc) is 3.18. The second-order valence-corrected chi connectivity index (χ2v) is 9.86. The first-order valence-corrected chi connectivity index (χ1v) is 11.3. The number of nitrogens with zero attached hydrogens (tertiary/aromatic N) is 1. The second-order valence-electron chi connectivity index (χ2n) is 6.53. The summed E-state index contributed by atoms with van der Waals surface area (Å²) in [5.74, 6) is 0.370. The largest absolute Gasteiger partial charge is 0.481 e. The Labute approximate surface area is 169 Å². The number of ether oxygens (including phenoxy) is 2. The lowest BCUT2D eigenvalue weighted by Crippen LogP contribution is -2.40. The molecule has 1 amide bonds. The normalized spacial score (nSPS) is 16.5. The van der Waals surface area contributed by atoms with Crippen molar-refractivity contribution in [2.24, 2.45) is 0 Å². The van der Waals surface area contributed by atoms with Gasteiger partial charge in [0.15, 0.2) is 6.10 Å². The van der Waals surface area contributed by atoms with Crippen molar-refractivity contribution in [3.63, 3.8) is 0 Å². The lowest BCUT2D eigenvalue weighted by Gasteiger charge is -2.25. The highest BCUT2D eigenvalue weighted by Gasteiger charge is 2.27. The molecule has 1 fully saturated rings. The van der Waals surface area contributed by atoms with Gasteiger partial charge in [-0.1, -0.05) is 17.7 Å². The highest BCUT2D eigenvalue weighted by Crippen LogP contribution is 2.25. The predicted octanol–water partition coefficient (Wildman–Crippen LogP) is 2.16. The van der Waals surface area contributed by atoms with Gasteiger partial charge in [-0.3, -0.25) is 4.79 Å². The number of thiophene rings is 1. The summed E-state index contributed by atoms with van der Waals surface area (Å²) in [6.07, 6.45) is -0.653. The summed E-state index contributed by atoms with van der Waals surface area (Å²) in [6.45, 7) is 5.45. The van der Waals surface area contributed by atoms with Crippen LogP contribution in [0.1, 0.15) is 17.4 Å². The lowest BCUT2D eigenvalue weighted by atomic mass is 10.2. The van der Waals surface area contributed by atoms with Crippen molar-refractivity contribution < 1.29 is 22.7 Å². The van der Waals surface area contributed by atoms with Crippen LogP contribution in [0.15, 0.2) is 40.6 Å². The predicted molar refractivity (Wildman–Crippen MR) is 107 cm³/mol. The minimum Gasteiger partial charge on any atom is -0.481 e. The standard InChI is InChI=1S/C19H24N2O5S2/c1-14-3-5-16(6-4-14)26-15(2)19(22)20-13-17-7-8-18(27-17)28(23,24)21-9-11-25-12-10-21/h3-8,15H,9-13H2,1-2H3,(H,20,22)/t15-/m0/s1. The Morgan fingerprint density at radius 1 is 1.21 bits per heavy atom. The molecule has 7 nitrogen and oxygen atoms in total. The molecule has 0 saturated carbocycles. The zero-order chi connectivity index (χ0) is 20.1. The van der Waals surface area contributed by atoms with Crippen molar-refractivity contribution >= 4 is 27.3 Å². The first kappa shape index (κ1) is 20.8. The van der Waals surface area contributed by atoms with E-state index in [0.29, 0.717) is 32.1 Å². The van der Waals surface area contributed by atoms with Gasteiger partial charge in [0.05, 0.1) is 19.8 Å². The minimum absolute atomic E-state index is 0.254. The minimum atomic E-state index is -3.51. The maximum atomic E-state index is 12.6. The van der Waals surface area contributed by atoms with Gasteiger partial charge in [0.25, 0.3) is 15.9 Å². The number of sulfonamides is 1. The Kier molecular flexibility index (Phi) is 6.71. The van der Waals surface area contributed by atoms with Crippen molar-refractivity contribution in [1.29, 1.82) is 0 Å². The Morgan fingerprint density at radius 2 is 1.89 bits per heavy atom. The molecule has 1 aromatic carbocycles. The van der Waals surface area contributed by atoms with E-state index < -0.39 is 16.1 Å². The van der Waals surface area contributed by atoms with Gasteiger partial charge in [-0.15, -0.1) is 11.3 Å². The van der Waals surface area contributed by atoms with Crippen LogP contribution < -0.4 is 10.1 Å².